The van der Waals surface area contributed by atoms with Gasteiger partial charge in [0.15, 0.2) is 0 Å². The number of amides is 1. The van der Waals surface area contributed by atoms with E-state index in [4.69, 9.17) is 5.10 Å². The first-order valence-corrected chi connectivity index (χ1v) is 11.1. The van der Waals surface area contributed by atoms with Crippen LogP contribution in [0, 0.1) is 10.1 Å². The number of aromatic nitrogens is 2. The Morgan fingerprint density at radius 2 is 1.62 bits per heavy atom. The molecule has 1 aromatic heterocycles. The molecule has 7 nitrogen and oxygen atoms in total. The summed E-state index contributed by atoms with van der Waals surface area (Å²) < 4.78 is 1.76. The molecule has 0 saturated carbocycles. The van der Waals surface area contributed by atoms with Crippen molar-refractivity contribution < 1.29 is 9.72 Å². The SMILES string of the molecule is O=C1CS[C@@H](c2ccc([N+](=O)[O-])cc2)c2c(-c3ccccc3)nn(-c3ccccc3)c2N1. The van der Waals surface area contributed by atoms with Gasteiger partial charge in [-0.15, -0.1) is 11.8 Å². The Balaban J connectivity index is 1.74. The van der Waals surface area contributed by atoms with Crippen LogP contribution in [0.5, 0.6) is 0 Å². The molecule has 158 valence electrons. The molecule has 5 rings (SSSR count). The monoisotopic (exact) mass is 442 g/mol. The summed E-state index contributed by atoms with van der Waals surface area (Å²) in [6.45, 7) is 0. The fraction of sp³-hybridized carbons (Fsp3) is 0.0833. The Kier molecular flexibility index (Phi) is 5.20. The van der Waals surface area contributed by atoms with E-state index in [-0.39, 0.29) is 22.6 Å². The number of nitrogens with zero attached hydrogens (tertiary/aromatic N) is 3. The van der Waals surface area contributed by atoms with Crippen molar-refractivity contribution in [2.24, 2.45) is 0 Å². The van der Waals surface area contributed by atoms with Gasteiger partial charge in [-0.25, -0.2) is 4.68 Å². The predicted molar refractivity (Wildman–Crippen MR) is 125 cm³/mol. The van der Waals surface area contributed by atoms with Crippen LogP contribution in [0.2, 0.25) is 0 Å². The lowest BCUT2D eigenvalue weighted by atomic mass is 9.99. The van der Waals surface area contributed by atoms with Gasteiger partial charge in [0.05, 0.1) is 27.3 Å². The van der Waals surface area contributed by atoms with E-state index >= 15 is 0 Å². The Hall–Kier alpha value is -3.91. The van der Waals surface area contributed by atoms with Gasteiger partial charge < -0.3 is 5.32 Å². The second-order valence-electron chi connectivity index (χ2n) is 7.31. The maximum atomic E-state index is 12.6. The molecule has 3 aromatic carbocycles. The lowest BCUT2D eigenvalue weighted by Gasteiger charge is -2.16. The molecular weight excluding hydrogens is 424 g/mol. The average Bonchev–Trinajstić information content (AvgIpc) is 3.10. The zero-order chi connectivity index (χ0) is 22.1. The van der Waals surface area contributed by atoms with E-state index < -0.39 is 4.92 Å². The van der Waals surface area contributed by atoms with Crippen molar-refractivity contribution in [3.05, 3.63) is 106 Å². The number of rotatable bonds is 4. The number of carbonyl (C=O) groups excluding carboxylic acids is 1. The van der Waals surface area contributed by atoms with E-state index in [1.165, 1.54) is 23.9 Å². The summed E-state index contributed by atoms with van der Waals surface area (Å²) in [4.78, 5) is 23.3. The van der Waals surface area contributed by atoms with Gasteiger partial charge in [0.25, 0.3) is 5.69 Å². The number of nitro groups is 1. The molecule has 0 bridgehead atoms. The summed E-state index contributed by atoms with van der Waals surface area (Å²) in [6.07, 6.45) is 0. The molecule has 4 aromatic rings. The van der Waals surface area contributed by atoms with E-state index in [0.29, 0.717) is 5.82 Å². The highest BCUT2D eigenvalue weighted by molar-refractivity contribution is 8.00. The van der Waals surface area contributed by atoms with Crippen molar-refractivity contribution in [1.29, 1.82) is 0 Å². The number of hydrogen-bond donors (Lipinski definition) is 1. The van der Waals surface area contributed by atoms with Crippen molar-refractivity contribution in [3.8, 4) is 16.9 Å². The minimum atomic E-state index is -0.413. The van der Waals surface area contributed by atoms with Crippen LogP contribution in [0.25, 0.3) is 16.9 Å². The van der Waals surface area contributed by atoms with E-state index in [1.807, 2.05) is 60.7 Å². The molecule has 1 N–H and O–H groups in total. The number of nitrogens with one attached hydrogen (secondary N) is 1. The van der Waals surface area contributed by atoms with Crippen LogP contribution in [0.3, 0.4) is 0 Å². The van der Waals surface area contributed by atoms with Crippen LogP contribution < -0.4 is 5.32 Å². The maximum absolute atomic E-state index is 12.6. The van der Waals surface area contributed by atoms with Crippen molar-refractivity contribution >= 4 is 29.2 Å². The summed E-state index contributed by atoms with van der Waals surface area (Å²) in [5.74, 6) is 0.769. The molecule has 0 spiro atoms. The standard InChI is InChI=1S/C24H18N4O3S/c29-20-15-32-23(17-11-13-19(14-12-17)28(30)31)21-22(16-7-3-1-4-8-16)26-27(24(21)25-20)18-9-5-2-6-10-18/h1-14,23H,15H2,(H,25,29)/t23-/m0/s1. The van der Waals surface area contributed by atoms with Crippen LogP contribution in [0.15, 0.2) is 84.9 Å². The van der Waals surface area contributed by atoms with Gasteiger partial charge in [-0.3, -0.25) is 14.9 Å². The zero-order valence-corrected chi connectivity index (χ0v) is 17.7. The van der Waals surface area contributed by atoms with Gasteiger partial charge in [0, 0.05) is 23.3 Å². The number of benzene rings is 3. The Morgan fingerprint density at radius 1 is 0.969 bits per heavy atom. The smallest absolute Gasteiger partial charge is 0.269 e. The highest BCUT2D eigenvalue weighted by Gasteiger charge is 2.32. The van der Waals surface area contributed by atoms with Crippen molar-refractivity contribution in [2.45, 2.75) is 5.25 Å². The van der Waals surface area contributed by atoms with Crippen LogP contribution in [-0.2, 0) is 4.79 Å². The van der Waals surface area contributed by atoms with Crippen molar-refractivity contribution in [1.82, 2.24) is 9.78 Å². The molecule has 0 radical (unpaired) electrons. The maximum Gasteiger partial charge on any atom is 0.269 e. The molecule has 0 unspecified atom stereocenters. The third-order valence-corrected chi connectivity index (χ3v) is 6.55. The predicted octanol–water partition coefficient (Wildman–Crippen LogP) is 5.22. The van der Waals surface area contributed by atoms with Gasteiger partial charge in [-0.1, -0.05) is 60.7 Å². The lowest BCUT2D eigenvalue weighted by molar-refractivity contribution is -0.384. The first-order valence-electron chi connectivity index (χ1n) is 10.0. The number of nitro benzene ring substituents is 1. The summed E-state index contributed by atoms with van der Waals surface area (Å²) in [7, 11) is 0. The van der Waals surface area contributed by atoms with E-state index in [2.05, 4.69) is 5.32 Å². The summed E-state index contributed by atoms with van der Waals surface area (Å²) in [6, 6.07) is 26.0. The molecule has 1 aliphatic heterocycles. The molecule has 0 aliphatic carbocycles. The molecule has 0 fully saturated rings. The lowest BCUT2D eigenvalue weighted by Crippen LogP contribution is -2.15. The first kappa shape index (κ1) is 20.0. The molecular formula is C24H18N4O3S. The number of anilines is 1. The number of hydrogen-bond acceptors (Lipinski definition) is 5. The van der Waals surface area contributed by atoms with Gasteiger partial charge in [-0.05, 0) is 17.7 Å². The quantitative estimate of drug-likeness (QED) is 0.346. The molecule has 1 aliphatic rings. The molecule has 8 heteroatoms. The minimum absolute atomic E-state index is 0.0325. The highest BCUT2D eigenvalue weighted by atomic mass is 32.2. The second kappa shape index (κ2) is 8.32. The van der Waals surface area contributed by atoms with Gasteiger partial charge in [0.2, 0.25) is 5.91 Å². The molecule has 0 saturated heterocycles. The zero-order valence-electron chi connectivity index (χ0n) is 16.8. The first-order chi connectivity index (χ1) is 15.6. The Bertz CT molecular complexity index is 1290. The van der Waals surface area contributed by atoms with E-state index in [0.717, 1.165) is 28.1 Å². The number of carbonyl (C=O) groups is 1. The molecule has 2 heterocycles. The average molecular weight is 443 g/mol. The fourth-order valence-corrected chi connectivity index (χ4v) is 4.94. The van der Waals surface area contributed by atoms with Crippen LogP contribution in [-0.4, -0.2) is 26.4 Å². The summed E-state index contributed by atoms with van der Waals surface area (Å²) in [5.41, 5.74) is 4.32. The number of non-ortho nitro benzene ring substituents is 1. The van der Waals surface area contributed by atoms with E-state index in [9.17, 15) is 14.9 Å². The Labute approximate surface area is 188 Å². The van der Waals surface area contributed by atoms with Crippen LogP contribution in [0.4, 0.5) is 11.5 Å². The third-order valence-electron chi connectivity index (χ3n) is 5.28. The van der Waals surface area contributed by atoms with Crippen LogP contribution >= 0.6 is 11.8 Å². The normalized spacial score (nSPS) is 15.5. The highest BCUT2D eigenvalue weighted by Crippen LogP contribution is 2.46. The van der Waals surface area contributed by atoms with Gasteiger partial charge >= 0.3 is 0 Å². The minimum Gasteiger partial charge on any atom is -0.310 e. The molecule has 32 heavy (non-hydrogen) atoms. The molecule has 1 atom stereocenters. The largest absolute Gasteiger partial charge is 0.310 e. The topological polar surface area (TPSA) is 90.1 Å². The summed E-state index contributed by atoms with van der Waals surface area (Å²) >= 11 is 1.48. The number of para-hydroxylation sites is 1. The van der Waals surface area contributed by atoms with E-state index in [1.54, 1.807) is 16.8 Å². The molecule has 1 amide bonds. The Morgan fingerprint density at radius 3 is 2.28 bits per heavy atom. The van der Waals surface area contributed by atoms with Crippen LogP contribution in [0.1, 0.15) is 16.4 Å². The van der Waals surface area contributed by atoms with Gasteiger partial charge in [-0.2, -0.15) is 5.10 Å². The second-order valence-corrected chi connectivity index (χ2v) is 8.41. The third kappa shape index (κ3) is 3.65. The number of thioether (sulfide) groups is 1. The van der Waals surface area contributed by atoms with Gasteiger partial charge in [0.1, 0.15) is 5.82 Å². The number of fused-ring (bicyclic) bond motifs is 1. The van der Waals surface area contributed by atoms with Crippen molar-refractivity contribution in [2.75, 3.05) is 11.1 Å². The fourth-order valence-electron chi connectivity index (χ4n) is 3.81. The summed E-state index contributed by atoms with van der Waals surface area (Å²) in [5, 5.41) is 18.8. The van der Waals surface area contributed by atoms with Crippen molar-refractivity contribution in [3.63, 3.8) is 0 Å².